The van der Waals surface area contributed by atoms with Crippen LogP contribution in [0.15, 0.2) is 52.5 Å². The zero-order valence-corrected chi connectivity index (χ0v) is 18.9. The highest BCUT2D eigenvalue weighted by molar-refractivity contribution is 7.90. The van der Waals surface area contributed by atoms with Crippen molar-refractivity contribution in [3.63, 3.8) is 0 Å². The normalized spacial score (nSPS) is 13.8. The monoisotopic (exact) mass is 457 g/mol. The first kappa shape index (κ1) is 23.3. The molecule has 0 bridgehead atoms. The molecule has 0 fully saturated rings. The molecule has 2 aromatic rings. The molecule has 8 nitrogen and oxygen atoms in total. The molecular weight excluding hydrogens is 430 g/mol. The zero-order valence-electron chi connectivity index (χ0n) is 18.1. The number of hydrogen-bond donors (Lipinski definition) is 2. The van der Waals surface area contributed by atoms with E-state index in [4.69, 9.17) is 15.2 Å². The summed E-state index contributed by atoms with van der Waals surface area (Å²) in [6.07, 6.45) is 8.27. The number of rotatable bonds is 8. The molecule has 0 spiro atoms. The molecule has 0 saturated carbocycles. The van der Waals surface area contributed by atoms with Gasteiger partial charge in [-0.3, -0.25) is 9.79 Å². The first-order chi connectivity index (χ1) is 15.4. The molecule has 2 aromatic carbocycles. The summed E-state index contributed by atoms with van der Waals surface area (Å²) < 4.78 is 38.9. The van der Waals surface area contributed by atoms with Gasteiger partial charge >= 0.3 is 0 Å². The molecule has 0 aliphatic heterocycles. The molecule has 3 rings (SSSR count). The van der Waals surface area contributed by atoms with Gasteiger partial charge in [-0.1, -0.05) is 6.07 Å². The number of sulfonamides is 1. The highest BCUT2D eigenvalue weighted by Crippen LogP contribution is 2.32. The van der Waals surface area contributed by atoms with Crippen LogP contribution in [0.25, 0.3) is 0 Å². The van der Waals surface area contributed by atoms with E-state index in [0.717, 1.165) is 42.4 Å². The molecule has 0 radical (unpaired) electrons. The summed E-state index contributed by atoms with van der Waals surface area (Å²) >= 11 is 0. The summed E-state index contributed by atoms with van der Waals surface area (Å²) in [5.41, 5.74) is 8.20. The van der Waals surface area contributed by atoms with Gasteiger partial charge in [0, 0.05) is 6.21 Å². The van der Waals surface area contributed by atoms with Crippen LogP contribution in [0.1, 0.15) is 39.9 Å². The maximum atomic E-state index is 13.1. The third kappa shape index (κ3) is 5.28. The number of benzene rings is 2. The molecule has 3 N–H and O–H groups in total. The number of hydrogen-bond acceptors (Lipinski definition) is 7. The Hall–Kier alpha value is -3.33. The lowest BCUT2D eigenvalue weighted by Crippen LogP contribution is -2.31. The van der Waals surface area contributed by atoms with Gasteiger partial charge in [0.05, 0.1) is 26.3 Å². The fraction of sp³-hybridized carbons (Fsp3) is 0.304. The maximum absolute atomic E-state index is 13.1. The van der Waals surface area contributed by atoms with Crippen LogP contribution < -0.4 is 19.9 Å². The summed E-state index contributed by atoms with van der Waals surface area (Å²) in [6.45, 7) is 0.354. The molecule has 0 aromatic heterocycles. The van der Waals surface area contributed by atoms with Crippen molar-refractivity contribution in [1.82, 2.24) is 4.72 Å². The van der Waals surface area contributed by atoms with Gasteiger partial charge < -0.3 is 15.2 Å². The smallest absolute Gasteiger partial charge is 0.268 e. The minimum absolute atomic E-state index is 0.0492. The minimum Gasteiger partial charge on any atom is -0.496 e. The van der Waals surface area contributed by atoms with Gasteiger partial charge in [0.25, 0.3) is 15.9 Å². The Morgan fingerprint density at radius 2 is 1.78 bits per heavy atom. The van der Waals surface area contributed by atoms with Crippen molar-refractivity contribution in [2.45, 2.75) is 37.1 Å². The Bertz CT molecular complexity index is 1160. The molecule has 0 unspecified atom stereocenters. The first-order valence-corrected chi connectivity index (χ1v) is 11.7. The van der Waals surface area contributed by atoms with Crippen molar-refractivity contribution in [3.05, 3.63) is 64.9 Å². The summed E-state index contributed by atoms with van der Waals surface area (Å²) in [5, 5.41) is 0. The van der Waals surface area contributed by atoms with E-state index in [1.54, 1.807) is 36.6 Å². The Labute approximate surface area is 188 Å². The van der Waals surface area contributed by atoms with Crippen LogP contribution in [0, 0.1) is 0 Å². The summed E-state index contributed by atoms with van der Waals surface area (Å²) in [5.74, 6) is -0.322. The number of carbonyl (C=O) groups is 1. The van der Waals surface area contributed by atoms with E-state index in [-0.39, 0.29) is 22.0 Å². The van der Waals surface area contributed by atoms with Crippen LogP contribution in [0.3, 0.4) is 0 Å². The predicted molar refractivity (Wildman–Crippen MR) is 123 cm³/mol. The van der Waals surface area contributed by atoms with Gasteiger partial charge in [-0.25, -0.2) is 13.1 Å². The number of nitrogens with zero attached hydrogens (tertiary/aromatic N) is 1. The van der Waals surface area contributed by atoms with E-state index >= 15 is 0 Å². The lowest BCUT2D eigenvalue weighted by atomic mass is 9.92. The Kier molecular flexibility index (Phi) is 7.53. The summed E-state index contributed by atoms with van der Waals surface area (Å²) in [7, 11) is -1.33. The van der Waals surface area contributed by atoms with Crippen LogP contribution in [0.2, 0.25) is 0 Å². The van der Waals surface area contributed by atoms with Crippen molar-refractivity contribution >= 4 is 22.1 Å². The number of carbonyl (C=O) groups excluding carboxylic acids is 1. The summed E-state index contributed by atoms with van der Waals surface area (Å²) in [6, 6.07) is 8.20. The second-order valence-electron chi connectivity index (χ2n) is 7.32. The third-order valence-electron chi connectivity index (χ3n) is 5.23. The van der Waals surface area contributed by atoms with Gasteiger partial charge in [-0.05, 0) is 78.9 Å². The van der Waals surface area contributed by atoms with E-state index in [2.05, 4.69) is 9.71 Å². The van der Waals surface area contributed by atoms with Crippen LogP contribution >= 0.6 is 0 Å². The average Bonchev–Trinajstić information content (AvgIpc) is 2.80. The molecule has 0 atom stereocenters. The van der Waals surface area contributed by atoms with Gasteiger partial charge in [0.2, 0.25) is 0 Å². The van der Waals surface area contributed by atoms with Gasteiger partial charge in [0.1, 0.15) is 16.4 Å². The number of ether oxygens (including phenoxy) is 2. The summed E-state index contributed by atoms with van der Waals surface area (Å²) in [4.78, 5) is 17.0. The highest BCUT2D eigenvalue weighted by atomic mass is 32.2. The molecule has 1 amide bonds. The number of nitrogens with one attached hydrogen (secondary N) is 1. The topological polar surface area (TPSA) is 120 Å². The van der Waals surface area contributed by atoms with Crippen molar-refractivity contribution in [3.8, 4) is 11.5 Å². The minimum atomic E-state index is -4.16. The fourth-order valence-electron chi connectivity index (χ4n) is 3.63. The Balaban J connectivity index is 1.86. The van der Waals surface area contributed by atoms with E-state index in [1.807, 2.05) is 0 Å². The van der Waals surface area contributed by atoms with Crippen LogP contribution in [-0.4, -0.2) is 34.8 Å². The zero-order chi connectivity index (χ0) is 23.1. The molecular formula is C23H27N3O5S. The van der Waals surface area contributed by atoms with E-state index in [0.29, 0.717) is 6.54 Å². The van der Waals surface area contributed by atoms with Gasteiger partial charge in [0.15, 0.2) is 0 Å². The lowest BCUT2D eigenvalue weighted by molar-refractivity contribution is 0.0978. The molecule has 9 heteroatoms. The quantitative estimate of drug-likeness (QED) is 0.588. The largest absolute Gasteiger partial charge is 0.496 e. The number of aliphatic imine (C=N–C) groups is 1. The standard InChI is InChI=1S/C23H27N3O5S/c1-30-20-12-16(15-25-11-5-10-24)8-9-19(20)23(27)26-32(28,29)22-14-18-7-4-3-6-17(18)13-21(22)31-2/h5,8-14H,3-4,6-7,15,24H2,1-2H3,(H,26,27)/b10-5-,25-11?. The van der Waals surface area contributed by atoms with Crippen molar-refractivity contribution in [2.75, 3.05) is 14.2 Å². The molecule has 170 valence electrons. The average molecular weight is 458 g/mol. The Morgan fingerprint density at radius 1 is 1.09 bits per heavy atom. The second-order valence-corrected chi connectivity index (χ2v) is 8.97. The number of methoxy groups -OCH3 is 2. The van der Waals surface area contributed by atoms with Crippen molar-refractivity contribution < 1.29 is 22.7 Å². The van der Waals surface area contributed by atoms with Crippen LogP contribution in [0.5, 0.6) is 11.5 Å². The number of allylic oxidation sites excluding steroid dienone is 1. The Morgan fingerprint density at radius 3 is 2.44 bits per heavy atom. The fourth-order valence-corrected chi connectivity index (χ4v) is 4.80. The van der Waals surface area contributed by atoms with Crippen molar-refractivity contribution in [2.24, 2.45) is 10.7 Å². The molecule has 0 saturated heterocycles. The van der Waals surface area contributed by atoms with E-state index in [9.17, 15) is 13.2 Å². The number of nitrogens with two attached hydrogens (primary N) is 1. The first-order valence-electron chi connectivity index (χ1n) is 10.2. The number of aryl methyl sites for hydroxylation is 2. The van der Waals surface area contributed by atoms with E-state index in [1.165, 1.54) is 26.5 Å². The van der Waals surface area contributed by atoms with Gasteiger partial charge in [-0.15, -0.1) is 0 Å². The number of amides is 1. The molecule has 1 aliphatic carbocycles. The molecule has 32 heavy (non-hydrogen) atoms. The SMILES string of the molecule is COc1cc(CN=C/C=C\N)ccc1C(=O)NS(=O)(=O)c1cc2c(cc1OC)CCCC2. The lowest BCUT2D eigenvalue weighted by Gasteiger charge is -2.19. The molecule has 1 aliphatic rings. The number of fused-ring (bicyclic) bond motifs is 1. The highest BCUT2D eigenvalue weighted by Gasteiger charge is 2.26. The maximum Gasteiger partial charge on any atom is 0.268 e. The predicted octanol–water partition coefficient (Wildman–Crippen LogP) is 2.74. The van der Waals surface area contributed by atoms with E-state index < -0.39 is 15.9 Å². The van der Waals surface area contributed by atoms with Crippen LogP contribution in [0.4, 0.5) is 0 Å². The van der Waals surface area contributed by atoms with Gasteiger partial charge in [-0.2, -0.15) is 0 Å². The third-order valence-corrected chi connectivity index (χ3v) is 6.58. The second kappa shape index (κ2) is 10.3. The molecule has 0 heterocycles. The van der Waals surface area contributed by atoms with Crippen molar-refractivity contribution in [1.29, 1.82) is 0 Å². The van der Waals surface area contributed by atoms with Crippen LogP contribution in [-0.2, 0) is 29.4 Å².